The number of alkyl halides is 3. The van der Waals surface area contributed by atoms with Crippen LogP contribution in [0.1, 0.15) is 5.56 Å². The van der Waals surface area contributed by atoms with E-state index in [4.69, 9.17) is 0 Å². The maximum atomic E-state index is 12.8. The number of aromatic nitrogens is 2. The third-order valence-electron chi connectivity index (χ3n) is 4.92. The number of hydrogen-bond acceptors (Lipinski definition) is 8. The summed E-state index contributed by atoms with van der Waals surface area (Å²) in [7, 11) is -3.66. The molecule has 1 aromatic heterocycles. The van der Waals surface area contributed by atoms with E-state index in [2.05, 4.69) is 25.5 Å². The standard InChI is InChI=1S/C24H18F3N5O3S/c1-36(34,35)22-14-17(10-11-21(22)33)31-32-20-5-3-2-4-18(20)19-12-13-28-23(30-19)29-16-8-6-15(7-9-16)24(25,26)27/h2-14,33H,1H3,(H,28,29,30)/b32-31+. The summed E-state index contributed by atoms with van der Waals surface area (Å²) in [5.74, 6) is -0.221. The van der Waals surface area contributed by atoms with Crippen molar-refractivity contribution in [2.24, 2.45) is 10.2 Å². The number of benzene rings is 3. The van der Waals surface area contributed by atoms with Gasteiger partial charge in [0.15, 0.2) is 9.84 Å². The van der Waals surface area contributed by atoms with Crippen LogP contribution in [-0.2, 0) is 16.0 Å². The molecule has 0 aliphatic carbocycles. The Balaban J connectivity index is 1.61. The van der Waals surface area contributed by atoms with Gasteiger partial charge in [-0.3, -0.25) is 0 Å². The van der Waals surface area contributed by atoms with Gasteiger partial charge >= 0.3 is 6.18 Å². The fraction of sp³-hybridized carbons (Fsp3) is 0.0833. The summed E-state index contributed by atoms with van der Waals surface area (Å²) in [4.78, 5) is 8.28. The first-order valence-electron chi connectivity index (χ1n) is 10.3. The minimum atomic E-state index is -4.43. The zero-order valence-corrected chi connectivity index (χ0v) is 19.4. The molecular formula is C24H18F3N5O3S. The molecule has 0 saturated heterocycles. The number of aromatic hydroxyl groups is 1. The van der Waals surface area contributed by atoms with Gasteiger partial charge in [-0.15, -0.1) is 5.11 Å². The molecule has 0 amide bonds. The van der Waals surface area contributed by atoms with Crippen molar-refractivity contribution in [1.82, 2.24) is 9.97 Å². The summed E-state index contributed by atoms with van der Waals surface area (Å²) in [5, 5.41) is 21.0. The van der Waals surface area contributed by atoms with E-state index in [9.17, 15) is 26.7 Å². The predicted molar refractivity (Wildman–Crippen MR) is 128 cm³/mol. The highest BCUT2D eigenvalue weighted by molar-refractivity contribution is 7.90. The first kappa shape index (κ1) is 24.8. The molecule has 0 aliphatic rings. The van der Waals surface area contributed by atoms with Crippen molar-refractivity contribution in [3.8, 4) is 17.0 Å². The lowest BCUT2D eigenvalue weighted by Crippen LogP contribution is -2.04. The predicted octanol–water partition coefficient (Wildman–Crippen LogP) is 6.43. The summed E-state index contributed by atoms with van der Waals surface area (Å²) in [5.41, 5.74) is 1.31. The van der Waals surface area contributed by atoms with Gasteiger partial charge in [0.1, 0.15) is 10.6 Å². The molecule has 0 aliphatic heterocycles. The molecule has 0 spiro atoms. The largest absolute Gasteiger partial charge is 0.507 e. The summed E-state index contributed by atoms with van der Waals surface area (Å²) in [6.07, 6.45) is -1.97. The highest BCUT2D eigenvalue weighted by Crippen LogP contribution is 2.33. The summed E-state index contributed by atoms with van der Waals surface area (Å²) in [6.45, 7) is 0. The first-order valence-corrected chi connectivity index (χ1v) is 12.2. The second kappa shape index (κ2) is 9.74. The Kier molecular flexibility index (Phi) is 6.71. The Hall–Kier alpha value is -4.32. The van der Waals surface area contributed by atoms with Crippen LogP contribution >= 0.6 is 0 Å². The summed E-state index contributed by atoms with van der Waals surface area (Å²) in [6, 6.07) is 16.9. The molecule has 4 rings (SSSR count). The molecule has 36 heavy (non-hydrogen) atoms. The van der Waals surface area contributed by atoms with Crippen LogP contribution in [0, 0.1) is 0 Å². The normalized spacial score (nSPS) is 12.1. The van der Waals surface area contributed by atoms with E-state index in [0.717, 1.165) is 18.4 Å². The molecule has 0 unspecified atom stereocenters. The number of hydrogen-bond donors (Lipinski definition) is 2. The van der Waals surface area contributed by atoms with Gasteiger partial charge in [-0.05, 0) is 54.6 Å². The van der Waals surface area contributed by atoms with Crippen molar-refractivity contribution in [2.75, 3.05) is 11.6 Å². The van der Waals surface area contributed by atoms with Gasteiger partial charge in [-0.1, -0.05) is 18.2 Å². The molecule has 0 bridgehead atoms. The number of anilines is 2. The van der Waals surface area contributed by atoms with Crippen LogP contribution in [0.4, 0.5) is 36.2 Å². The Morgan fingerprint density at radius 3 is 2.36 bits per heavy atom. The smallest absolute Gasteiger partial charge is 0.416 e. The molecule has 0 saturated carbocycles. The first-order chi connectivity index (χ1) is 17.0. The van der Waals surface area contributed by atoms with Gasteiger partial charge in [0.2, 0.25) is 5.95 Å². The third kappa shape index (κ3) is 5.84. The number of nitrogens with one attached hydrogen (secondary N) is 1. The monoisotopic (exact) mass is 513 g/mol. The van der Waals surface area contributed by atoms with Crippen molar-refractivity contribution < 1.29 is 26.7 Å². The van der Waals surface area contributed by atoms with E-state index in [1.165, 1.54) is 36.5 Å². The highest BCUT2D eigenvalue weighted by Gasteiger charge is 2.30. The van der Waals surface area contributed by atoms with Crippen molar-refractivity contribution in [1.29, 1.82) is 0 Å². The molecule has 0 atom stereocenters. The number of halogens is 3. The van der Waals surface area contributed by atoms with Crippen molar-refractivity contribution in [3.05, 3.63) is 84.6 Å². The number of rotatable bonds is 6. The Bertz CT molecular complexity index is 1540. The highest BCUT2D eigenvalue weighted by atomic mass is 32.2. The molecule has 0 fully saturated rings. The van der Waals surface area contributed by atoms with Gasteiger partial charge in [-0.25, -0.2) is 18.4 Å². The average Bonchev–Trinajstić information content (AvgIpc) is 2.83. The second-order valence-corrected chi connectivity index (χ2v) is 9.59. The molecule has 4 aromatic rings. The molecular weight excluding hydrogens is 495 g/mol. The zero-order chi connectivity index (χ0) is 25.9. The van der Waals surface area contributed by atoms with Gasteiger partial charge in [-0.2, -0.15) is 18.3 Å². The van der Waals surface area contributed by atoms with E-state index in [0.29, 0.717) is 22.6 Å². The zero-order valence-electron chi connectivity index (χ0n) is 18.6. The number of azo groups is 1. The van der Waals surface area contributed by atoms with Crippen LogP contribution in [-0.4, -0.2) is 29.7 Å². The lowest BCUT2D eigenvalue weighted by Gasteiger charge is -2.10. The quantitative estimate of drug-likeness (QED) is 0.287. The Morgan fingerprint density at radius 1 is 0.944 bits per heavy atom. The molecule has 12 heteroatoms. The summed E-state index contributed by atoms with van der Waals surface area (Å²) < 4.78 is 62.0. The fourth-order valence-corrected chi connectivity index (χ4v) is 3.97. The average molecular weight is 514 g/mol. The van der Waals surface area contributed by atoms with Crippen molar-refractivity contribution in [2.45, 2.75) is 11.1 Å². The van der Waals surface area contributed by atoms with E-state index in [1.54, 1.807) is 30.3 Å². The van der Waals surface area contributed by atoms with Gasteiger partial charge in [0.05, 0.1) is 22.6 Å². The molecule has 1 heterocycles. The van der Waals surface area contributed by atoms with E-state index >= 15 is 0 Å². The molecule has 8 nitrogen and oxygen atoms in total. The second-order valence-electron chi connectivity index (χ2n) is 7.61. The van der Waals surface area contributed by atoms with Crippen molar-refractivity contribution in [3.63, 3.8) is 0 Å². The Labute approximate surface area is 204 Å². The van der Waals surface area contributed by atoms with Crippen LogP contribution in [0.2, 0.25) is 0 Å². The molecule has 184 valence electrons. The number of nitrogens with zero attached hydrogens (tertiary/aromatic N) is 4. The lowest BCUT2D eigenvalue weighted by atomic mass is 10.1. The number of phenols is 1. The van der Waals surface area contributed by atoms with E-state index in [1.807, 2.05) is 0 Å². The SMILES string of the molecule is CS(=O)(=O)c1cc(/N=N/c2ccccc2-c2ccnc(Nc3ccc(C(F)(F)F)cc3)n2)ccc1O. The minimum absolute atomic E-state index is 0.162. The molecule has 0 radical (unpaired) electrons. The maximum Gasteiger partial charge on any atom is 0.416 e. The minimum Gasteiger partial charge on any atom is -0.507 e. The Morgan fingerprint density at radius 2 is 1.67 bits per heavy atom. The van der Waals surface area contributed by atoms with Gasteiger partial charge < -0.3 is 10.4 Å². The van der Waals surface area contributed by atoms with E-state index in [-0.39, 0.29) is 22.3 Å². The number of phenolic OH excluding ortho intramolecular Hbond substituents is 1. The number of sulfone groups is 1. The lowest BCUT2D eigenvalue weighted by molar-refractivity contribution is -0.137. The van der Waals surface area contributed by atoms with Crippen LogP contribution < -0.4 is 5.32 Å². The maximum absolute atomic E-state index is 12.8. The third-order valence-corrected chi connectivity index (χ3v) is 6.05. The fourth-order valence-electron chi connectivity index (χ4n) is 3.19. The van der Waals surface area contributed by atoms with Crippen LogP contribution in [0.5, 0.6) is 5.75 Å². The molecule has 3 aromatic carbocycles. The van der Waals surface area contributed by atoms with Crippen LogP contribution in [0.15, 0.2) is 94.1 Å². The summed E-state index contributed by atoms with van der Waals surface area (Å²) >= 11 is 0. The molecule has 2 N–H and O–H groups in total. The van der Waals surface area contributed by atoms with Crippen LogP contribution in [0.3, 0.4) is 0 Å². The van der Waals surface area contributed by atoms with Gasteiger partial charge in [0.25, 0.3) is 0 Å². The topological polar surface area (TPSA) is 117 Å². The van der Waals surface area contributed by atoms with Crippen molar-refractivity contribution >= 4 is 32.8 Å². The van der Waals surface area contributed by atoms with E-state index < -0.39 is 21.6 Å². The van der Waals surface area contributed by atoms with Crippen LogP contribution in [0.25, 0.3) is 11.3 Å². The van der Waals surface area contributed by atoms with Gasteiger partial charge in [0, 0.05) is 23.7 Å².